The van der Waals surface area contributed by atoms with Crippen molar-refractivity contribution in [2.24, 2.45) is 0 Å². The highest BCUT2D eigenvalue weighted by Gasteiger charge is 2.23. The van der Waals surface area contributed by atoms with Crippen LogP contribution in [0.4, 0.5) is 10.2 Å². The molecule has 2 rings (SSSR count). The third-order valence-electron chi connectivity index (χ3n) is 2.75. The van der Waals surface area contributed by atoms with E-state index in [4.69, 9.17) is 23.2 Å². The van der Waals surface area contributed by atoms with Crippen LogP contribution in [-0.4, -0.2) is 18.6 Å². The van der Waals surface area contributed by atoms with Gasteiger partial charge in [-0.05, 0) is 18.1 Å². The Kier molecular flexibility index (Phi) is 4.46. The van der Waals surface area contributed by atoms with Gasteiger partial charge in [0, 0.05) is 11.8 Å². The van der Waals surface area contributed by atoms with Crippen molar-refractivity contribution >= 4 is 39.0 Å². The van der Waals surface area contributed by atoms with Crippen molar-refractivity contribution in [2.75, 3.05) is 4.72 Å². The molecule has 0 atom stereocenters. The lowest BCUT2D eigenvalue weighted by atomic mass is 10.1. The summed E-state index contributed by atoms with van der Waals surface area (Å²) in [5.41, 5.74) is 0.765. The average Bonchev–Trinajstić information content (AvgIpc) is 2.83. The standard InChI is InChI=1S/C12H12Cl2FN3O2S/c1-6(2)8-5-10(17-16-8)18-21(19,20)9-4-3-7(13)12(15)11(9)14/h3-6H,1-2H3,(H2,16,17,18). The third-order valence-corrected chi connectivity index (χ3v) is 4.92. The number of halogens is 3. The quantitative estimate of drug-likeness (QED) is 0.823. The first-order valence-corrected chi connectivity index (χ1v) is 8.18. The van der Waals surface area contributed by atoms with E-state index < -0.39 is 25.8 Å². The van der Waals surface area contributed by atoms with Gasteiger partial charge in [0.2, 0.25) is 0 Å². The molecule has 0 bridgehead atoms. The van der Waals surface area contributed by atoms with Crippen LogP contribution >= 0.6 is 23.2 Å². The highest BCUT2D eigenvalue weighted by molar-refractivity contribution is 7.92. The molecule has 0 fully saturated rings. The lowest BCUT2D eigenvalue weighted by Crippen LogP contribution is -2.14. The minimum atomic E-state index is -4.06. The summed E-state index contributed by atoms with van der Waals surface area (Å²) in [4.78, 5) is -0.403. The highest BCUT2D eigenvalue weighted by Crippen LogP contribution is 2.30. The molecule has 0 aliphatic carbocycles. The van der Waals surface area contributed by atoms with E-state index in [-0.39, 0.29) is 16.8 Å². The van der Waals surface area contributed by atoms with Gasteiger partial charge < -0.3 is 0 Å². The van der Waals surface area contributed by atoms with E-state index in [0.717, 1.165) is 17.8 Å². The summed E-state index contributed by atoms with van der Waals surface area (Å²) in [6.45, 7) is 3.86. The van der Waals surface area contributed by atoms with Crippen LogP contribution in [0, 0.1) is 5.82 Å². The highest BCUT2D eigenvalue weighted by atomic mass is 35.5. The Balaban J connectivity index is 2.36. The second kappa shape index (κ2) is 5.82. The molecular weight excluding hydrogens is 340 g/mol. The zero-order chi connectivity index (χ0) is 15.8. The number of aromatic nitrogens is 2. The maximum atomic E-state index is 13.6. The van der Waals surface area contributed by atoms with E-state index in [1.807, 2.05) is 13.8 Å². The smallest absolute Gasteiger partial charge is 0.264 e. The summed E-state index contributed by atoms with van der Waals surface area (Å²) in [5.74, 6) is -0.719. The first-order chi connectivity index (χ1) is 9.72. The number of nitrogens with zero attached hydrogens (tertiary/aromatic N) is 1. The van der Waals surface area contributed by atoms with Crippen molar-refractivity contribution in [3.63, 3.8) is 0 Å². The van der Waals surface area contributed by atoms with Crippen molar-refractivity contribution < 1.29 is 12.8 Å². The van der Waals surface area contributed by atoms with Gasteiger partial charge in [-0.25, -0.2) is 12.8 Å². The van der Waals surface area contributed by atoms with Gasteiger partial charge in [0.05, 0.1) is 10.0 Å². The van der Waals surface area contributed by atoms with Crippen LogP contribution in [0.5, 0.6) is 0 Å². The topological polar surface area (TPSA) is 74.8 Å². The van der Waals surface area contributed by atoms with Crippen LogP contribution in [0.2, 0.25) is 10.0 Å². The summed E-state index contributed by atoms with van der Waals surface area (Å²) >= 11 is 11.2. The van der Waals surface area contributed by atoms with Crippen molar-refractivity contribution in [3.8, 4) is 0 Å². The van der Waals surface area contributed by atoms with Gasteiger partial charge >= 0.3 is 0 Å². The van der Waals surface area contributed by atoms with Gasteiger partial charge in [-0.2, -0.15) is 5.10 Å². The fourth-order valence-electron chi connectivity index (χ4n) is 1.59. The molecule has 0 aliphatic heterocycles. The molecule has 0 spiro atoms. The fourth-order valence-corrected chi connectivity index (χ4v) is 3.33. The number of H-pyrrole nitrogens is 1. The van der Waals surface area contributed by atoms with E-state index in [2.05, 4.69) is 14.9 Å². The first-order valence-electron chi connectivity index (χ1n) is 5.94. The maximum Gasteiger partial charge on any atom is 0.264 e. The van der Waals surface area contributed by atoms with E-state index in [9.17, 15) is 12.8 Å². The molecule has 2 N–H and O–H groups in total. The zero-order valence-corrected chi connectivity index (χ0v) is 13.4. The normalized spacial score (nSPS) is 11.9. The minimum absolute atomic E-state index is 0.102. The molecule has 1 aromatic heterocycles. The molecule has 0 unspecified atom stereocenters. The Hall–Kier alpha value is -1.31. The van der Waals surface area contributed by atoms with Gasteiger partial charge in [0.25, 0.3) is 10.0 Å². The molecule has 0 saturated carbocycles. The molecule has 0 aliphatic rings. The SMILES string of the molecule is CC(C)c1cc(NS(=O)(=O)c2ccc(Cl)c(F)c2Cl)n[nH]1. The number of nitrogens with one attached hydrogen (secondary N) is 2. The van der Waals surface area contributed by atoms with Gasteiger partial charge in [0.15, 0.2) is 11.6 Å². The third kappa shape index (κ3) is 3.30. The monoisotopic (exact) mass is 351 g/mol. The summed E-state index contributed by atoms with van der Waals surface area (Å²) in [7, 11) is -4.06. The Morgan fingerprint density at radius 3 is 2.57 bits per heavy atom. The Morgan fingerprint density at radius 2 is 2.00 bits per heavy atom. The molecule has 9 heteroatoms. The molecule has 0 saturated heterocycles. The maximum absolute atomic E-state index is 13.6. The van der Waals surface area contributed by atoms with Gasteiger partial charge in [-0.1, -0.05) is 37.0 Å². The Bertz CT molecular complexity index is 775. The molecule has 1 aromatic carbocycles. The molecule has 2 aromatic rings. The lowest BCUT2D eigenvalue weighted by molar-refractivity contribution is 0.595. The van der Waals surface area contributed by atoms with Crippen LogP contribution in [0.15, 0.2) is 23.1 Å². The Labute approximate surface area is 131 Å². The van der Waals surface area contributed by atoms with Crippen LogP contribution < -0.4 is 4.72 Å². The summed E-state index contributed by atoms with van der Waals surface area (Å²) in [6.07, 6.45) is 0. The van der Waals surface area contributed by atoms with E-state index in [1.165, 1.54) is 0 Å². The van der Waals surface area contributed by atoms with E-state index in [1.54, 1.807) is 6.07 Å². The molecular formula is C12H12Cl2FN3O2S. The molecule has 21 heavy (non-hydrogen) atoms. The molecule has 0 amide bonds. The largest absolute Gasteiger partial charge is 0.280 e. The number of hydrogen-bond donors (Lipinski definition) is 2. The lowest BCUT2D eigenvalue weighted by Gasteiger charge is -2.08. The number of benzene rings is 1. The number of sulfonamides is 1. The minimum Gasteiger partial charge on any atom is -0.280 e. The number of aromatic amines is 1. The summed E-state index contributed by atoms with van der Waals surface area (Å²) < 4.78 is 40.2. The molecule has 1 heterocycles. The summed E-state index contributed by atoms with van der Waals surface area (Å²) in [6, 6.07) is 3.82. The molecule has 5 nitrogen and oxygen atoms in total. The number of hydrogen-bond acceptors (Lipinski definition) is 3. The van der Waals surface area contributed by atoms with E-state index >= 15 is 0 Å². The van der Waals surface area contributed by atoms with Crippen LogP contribution in [0.3, 0.4) is 0 Å². The van der Waals surface area contributed by atoms with Crippen LogP contribution in [0.25, 0.3) is 0 Å². The zero-order valence-electron chi connectivity index (χ0n) is 11.1. The van der Waals surface area contributed by atoms with Crippen molar-refractivity contribution in [1.82, 2.24) is 10.2 Å². The average molecular weight is 352 g/mol. The predicted octanol–water partition coefficient (Wildman–Crippen LogP) is 3.78. The van der Waals surface area contributed by atoms with Crippen LogP contribution in [-0.2, 0) is 10.0 Å². The van der Waals surface area contributed by atoms with Crippen molar-refractivity contribution in [1.29, 1.82) is 0 Å². The van der Waals surface area contributed by atoms with E-state index in [0.29, 0.717) is 0 Å². The van der Waals surface area contributed by atoms with Crippen molar-refractivity contribution in [2.45, 2.75) is 24.7 Å². The number of anilines is 1. The fraction of sp³-hybridized carbons (Fsp3) is 0.250. The number of rotatable bonds is 4. The van der Waals surface area contributed by atoms with Gasteiger partial charge in [-0.3, -0.25) is 9.82 Å². The van der Waals surface area contributed by atoms with Crippen molar-refractivity contribution in [3.05, 3.63) is 39.8 Å². The molecule has 0 radical (unpaired) electrons. The summed E-state index contributed by atoms with van der Waals surface area (Å²) in [5, 5.41) is 5.74. The molecule has 114 valence electrons. The van der Waals surface area contributed by atoms with Gasteiger partial charge in [0.1, 0.15) is 4.90 Å². The first kappa shape index (κ1) is 16.1. The Morgan fingerprint density at radius 1 is 1.33 bits per heavy atom. The van der Waals surface area contributed by atoms with Crippen LogP contribution in [0.1, 0.15) is 25.5 Å². The second-order valence-corrected chi connectivity index (χ2v) is 7.08. The second-order valence-electron chi connectivity index (χ2n) is 4.64. The predicted molar refractivity (Wildman–Crippen MR) is 79.9 cm³/mol. The van der Waals surface area contributed by atoms with Gasteiger partial charge in [-0.15, -0.1) is 0 Å².